The van der Waals surface area contributed by atoms with Crippen molar-refractivity contribution in [3.8, 4) is 11.8 Å². The van der Waals surface area contributed by atoms with Gasteiger partial charge in [-0.15, -0.1) is 0 Å². The number of nitrogens with two attached hydrogens (primary N) is 1. The van der Waals surface area contributed by atoms with Crippen LogP contribution in [0.4, 0.5) is 5.69 Å². The van der Waals surface area contributed by atoms with Crippen LogP contribution >= 0.6 is 0 Å². The number of nitrogens with one attached hydrogen (secondary N) is 1. The lowest BCUT2D eigenvalue weighted by Gasteiger charge is -2.11. The van der Waals surface area contributed by atoms with Crippen molar-refractivity contribution < 1.29 is 9.53 Å². The number of hydrogen-bond donors (Lipinski definition) is 2. The van der Waals surface area contributed by atoms with Gasteiger partial charge in [0, 0.05) is 29.5 Å². The van der Waals surface area contributed by atoms with E-state index in [0.717, 1.165) is 30.6 Å². The summed E-state index contributed by atoms with van der Waals surface area (Å²) in [5.74, 6) is 0.673. The highest BCUT2D eigenvalue weighted by Gasteiger charge is 2.27. The predicted octanol–water partition coefficient (Wildman–Crippen LogP) is 2.64. The number of carbonyl (C=O) groups excluding carboxylic acids is 1. The Hall–Kier alpha value is -2.47. The summed E-state index contributed by atoms with van der Waals surface area (Å²) in [5.41, 5.74) is 7.44. The van der Waals surface area contributed by atoms with Gasteiger partial charge >= 0.3 is 6.01 Å². The zero-order valence-corrected chi connectivity index (χ0v) is 13.0. The third-order valence-corrected chi connectivity index (χ3v) is 3.95. The Morgan fingerprint density at radius 1 is 1.26 bits per heavy atom. The predicted molar refractivity (Wildman–Crippen MR) is 87.2 cm³/mol. The average molecular weight is 312 g/mol. The van der Waals surface area contributed by atoms with E-state index in [1.54, 1.807) is 36.5 Å². The second-order valence-corrected chi connectivity index (χ2v) is 5.87. The first-order chi connectivity index (χ1) is 11.1. The SMILES string of the molecule is Cc1ccnc(Oc2ccc(NC(=O)C3CCC(N)C3)cc2)n1. The van der Waals surface area contributed by atoms with Crippen LogP contribution in [-0.4, -0.2) is 21.9 Å². The van der Waals surface area contributed by atoms with Crippen molar-refractivity contribution in [2.45, 2.75) is 32.2 Å². The fourth-order valence-electron chi connectivity index (χ4n) is 2.69. The van der Waals surface area contributed by atoms with Crippen LogP contribution in [0.15, 0.2) is 36.5 Å². The number of anilines is 1. The Kier molecular flexibility index (Phi) is 4.52. The van der Waals surface area contributed by atoms with Crippen molar-refractivity contribution in [1.29, 1.82) is 0 Å². The number of rotatable bonds is 4. The van der Waals surface area contributed by atoms with E-state index < -0.39 is 0 Å². The van der Waals surface area contributed by atoms with Crippen LogP contribution in [0.1, 0.15) is 25.0 Å². The quantitative estimate of drug-likeness (QED) is 0.905. The monoisotopic (exact) mass is 312 g/mol. The molecule has 3 N–H and O–H groups in total. The molecule has 6 heteroatoms. The lowest BCUT2D eigenvalue weighted by atomic mass is 10.1. The van der Waals surface area contributed by atoms with E-state index in [1.807, 2.05) is 6.92 Å². The first-order valence-corrected chi connectivity index (χ1v) is 7.74. The van der Waals surface area contributed by atoms with E-state index in [0.29, 0.717) is 11.8 Å². The summed E-state index contributed by atoms with van der Waals surface area (Å²) in [4.78, 5) is 20.4. The molecule has 23 heavy (non-hydrogen) atoms. The summed E-state index contributed by atoms with van der Waals surface area (Å²) in [5, 5.41) is 2.92. The lowest BCUT2D eigenvalue weighted by molar-refractivity contribution is -0.119. The van der Waals surface area contributed by atoms with Gasteiger partial charge in [-0.05, 0) is 56.5 Å². The van der Waals surface area contributed by atoms with Gasteiger partial charge in [-0.2, -0.15) is 0 Å². The van der Waals surface area contributed by atoms with Crippen LogP contribution in [0.5, 0.6) is 11.8 Å². The standard InChI is InChI=1S/C17H20N4O2/c1-11-8-9-19-17(20-11)23-15-6-4-14(5-7-15)21-16(22)12-2-3-13(18)10-12/h4-9,12-13H,2-3,10,18H2,1H3,(H,21,22). The van der Waals surface area contributed by atoms with Gasteiger partial charge in [0.05, 0.1) is 0 Å². The van der Waals surface area contributed by atoms with Crippen LogP contribution < -0.4 is 15.8 Å². The van der Waals surface area contributed by atoms with Crippen molar-refractivity contribution in [1.82, 2.24) is 9.97 Å². The van der Waals surface area contributed by atoms with Gasteiger partial charge < -0.3 is 15.8 Å². The third-order valence-electron chi connectivity index (χ3n) is 3.95. The number of nitrogens with zero attached hydrogens (tertiary/aromatic N) is 2. The highest BCUT2D eigenvalue weighted by Crippen LogP contribution is 2.26. The van der Waals surface area contributed by atoms with Crippen LogP contribution in [0.25, 0.3) is 0 Å². The summed E-state index contributed by atoms with van der Waals surface area (Å²) in [6, 6.07) is 9.43. The summed E-state index contributed by atoms with van der Waals surface area (Å²) in [6.07, 6.45) is 4.19. The van der Waals surface area contributed by atoms with E-state index in [1.165, 1.54) is 0 Å². The molecule has 120 valence electrons. The molecular formula is C17H20N4O2. The zero-order chi connectivity index (χ0) is 16.2. The maximum Gasteiger partial charge on any atom is 0.322 e. The molecule has 1 aromatic heterocycles. The highest BCUT2D eigenvalue weighted by atomic mass is 16.5. The fraction of sp³-hybridized carbons (Fsp3) is 0.353. The molecule has 3 rings (SSSR count). The maximum absolute atomic E-state index is 12.2. The second kappa shape index (κ2) is 6.75. The minimum atomic E-state index is 0.0154. The molecule has 0 radical (unpaired) electrons. The molecule has 0 saturated heterocycles. The van der Waals surface area contributed by atoms with Gasteiger partial charge in [0.15, 0.2) is 0 Å². The van der Waals surface area contributed by atoms with Crippen molar-refractivity contribution in [2.75, 3.05) is 5.32 Å². The van der Waals surface area contributed by atoms with Gasteiger partial charge in [-0.3, -0.25) is 4.79 Å². The molecule has 0 aliphatic heterocycles. The lowest BCUT2D eigenvalue weighted by Crippen LogP contribution is -2.23. The Morgan fingerprint density at radius 3 is 2.70 bits per heavy atom. The molecule has 0 bridgehead atoms. The minimum Gasteiger partial charge on any atom is -0.424 e. The van der Waals surface area contributed by atoms with E-state index in [2.05, 4.69) is 15.3 Å². The molecule has 1 heterocycles. The largest absolute Gasteiger partial charge is 0.424 e. The molecule has 2 atom stereocenters. The first-order valence-electron chi connectivity index (χ1n) is 7.74. The van der Waals surface area contributed by atoms with Crippen LogP contribution in [0.3, 0.4) is 0 Å². The Bertz CT molecular complexity index is 687. The van der Waals surface area contributed by atoms with Crippen LogP contribution in [0, 0.1) is 12.8 Å². The number of aromatic nitrogens is 2. The first kappa shape index (κ1) is 15.4. The molecule has 1 fully saturated rings. The van der Waals surface area contributed by atoms with Gasteiger partial charge in [-0.25, -0.2) is 9.97 Å². The minimum absolute atomic E-state index is 0.0154. The number of benzene rings is 1. The normalized spacial score (nSPS) is 20.3. The molecule has 1 amide bonds. The molecular weight excluding hydrogens is 292 g/mol. The third kappa shape index (κ3) is 4.04. The molecule has 2 aromatic rings. The summed E-state index contributed by atoms with van der Waals surface area (Å²) >= 11 is 0. The van der Waals surface area contributed by atoms with E-state index >= 15 is 0 Å². The van der Waals surface area contributed by atoms with E-state index in [4.69, 9.17) is 10.5 Å². The topological polar surface area (TPSA) is 90.1 Å². The van der Waals surface area contributed by atoms with E-state index in [-0.39, 0.29) is 17.9 Å². The zero-order valence-electron chi connectivity index (χ0n) is 13.0. The highest BCUT2D eigenvalue weighted by molar-refractivity contribution is 5.92. The molecule has 2 unspecified atom stereocenters. The van der Waals surface area contributed by atoms with Gasteiger partial charge in [0.1, 0.15) is 5.75 Å². The van der Waals surface area contributed by atoms with Crippen molar-refractivity contribution >= 4 is 11.6 Å². The maximum atomic E-state index is 12.2. The van der Waals surface area contributed by atoms with E-state index in [9.17, 15) is 4.79 Å². The van der Waals surface area contributed by atoms with Crippen LogP contribution in [-0.2, 0) is 4.79 Å². The number of carbonyl (C=O) groups is 1. The van der Waals surface area contributed by atoms with Gasteiger partial charge in [0.25, 0.3) is 0 Å². The molecule has 6 nitrogen and oxygen atoms in total. The average Bonchev–Trinajstić information content (AvgIpc) is 2.96. The number of amides is 1. The summed E-state index contributed by atoms with van der Waals surface area (Å²) in [7, 11) is 0. The Labute approximate surface area is 135 Å². The van der Waals surface area contributed by atoms with Crippen molar-refractivity contribution in [2.24, 2.45) is 11.7 Å². The summed E-state index contributed by atoms with van der Waals surface area (Å²) in [6.45, 7) is 1.88. The Morgan fingerprint density at radius 2 is 2.04 bits per heavy atom. The molecule has 1 aliphatic rings. The molecule has 1 aromatic carbocycles. The number of ether oxygens (including phenoxy) is 1. The van der Waals surface area contributed by atoms with Crippen molar-refractivity contribution in [3.63, 3.8) is 0 Å². The fourth-order valence-corrected chi connectivity index (χ4v) is 2.69. The van der Waals surface area contributed by atoms with Gasteiger partial charge in [0.2, 0.25) is 5.91 Å². The Balaban J connectivity index is 1.59. The molecule has 1 saturated carbocycles. The van der Waals surface area contributed by atoms with Gasteiger partial charge in [-0.1, -0.05) is 0 Å². The molecule has 1 aliphatic carbocycles. The second-order valence-electron chi connectivity index (χ2n) is 5.87. The summed E-state index contributed by atoms with van der Waals surface area (Å²) < 4.78 is 5.58. The molecule has 0 spiro atoms. The van der Waals surface area contributed by atoms with Crippen molar-refractivity contribution in [3.05, 3.63) is 42.2 Å². The number of hydrogen-bond acceptors (Lipinski definition) is 5. The van der Waals surface area contributed by atoms with Crippen LogP contribution in [0.2, 0.25) is 0 Å². The number of aryl methyl sites for hydroxylation is 1. The smallest absolute Gasteiger partial charge is 0.322 e.